The van der Waals surface area contributed by atoms with Crippen LogP contribution in [-0.4, -0.2) is 14.3 Å². The average molecular weight is 210 g/mol. The van der Waals surface area contributed by atoms with Crippen molar-refractivity contribution < 1.29 is 9.31 Å². The molecule has 0 aliphatic carbocycles. The zero-order valence-corrected chi connectivity index (χ0v) is 7.55. The van der Waals surface area contributed by atoms with Crippen molar-refractivity contribution in [3.05, 3.63) is 40.1 Å². The Morgan fingerprint density at radius 1 is 1.67 bits per heavy atom. The van der Waals surface area contributed by atoms with Crippen molar-refractivity contribution in [1.29, 1.82) is 0 Å². The molecule has 2 aromatic rings. The normalized spacial score (nSPS) is 10.8. The zero-order valence-electron chi connectivity index (χ0n) is 7.55. The van der Waals surface area contributed by atoms with Crippen LogP contribution < -0.4 is 5.73 Å². The summed E-state index contributed by atoms with van der Waals surface area (Å²) in [6.45, 7) is 0.0124. The molecule has 0 aromatic carbocycles. The summed E-state index contributed by atoms with van der Waals surface area (Å²) < 4.78 is 14.6. The summed E-state index contributed by atoms with van der Waals surface area (Å²) in [6, 6.07) is 2.58. The maximum atomic E-state index is 13.4. The first-order chi connectivity index (χ1) is 7.15. The highest BCUT2D eigenvalue weighted by Gasteiger charge is 2.23. The second-order valence-electron chi connectivity index (χ2n) is 2.89. The third-order valence-corrected chi connectivity index (χ3v) is 2.03. The highest BCUT2D eigenvalue weighted by Crippen LogP contribution is 2.22. The summed E-state index contributed by atoms with van der Waals surface area (Å²) in [5.41, 5.74) is 5.20. The topological polar surface area (TPSA) is 86.5 Å². The summed E-state index contributed by atoms with van der Waals surface area (Å²) in [6.07, 6.45) is 1.49. The Balaban J connectivity index is 2.88. The van der Waals surface area contributed by atoms with Gasteiger partial charge in [0.15, 0.2) is 11.3 Å². The molecule has 0 amide bonds. The predicted octanol–water partition coefficient (Wildman–Crippen LogP) is 0.840. The number of pyridine rings is 1. The van der Waals surface area contributed by atoms with Crippen molar-refractivity contribution in [2.75, 3.05) is 0 Å². The van der Waals surface area contributed by atoms with Crippen LogP contribution in [-0.2, 0) is 6.54 Å². The minimum atomic E-state index is -0.725. The molecule has 2 rings (SSSR count). The van der Waals surface area contributed by atoms with Gasteiger partial charge in [-0.15, -0.1) is 0 Å². The van der Waals surface area contributed by atoms with Gasteiger partial charge in [0.05, 0.1) is 6.54 Å². The summed E-state index contributed by atoms with van der Waals surface area (Å²) in [5, 5.41) is 10.6. The molecule has 2 N–H and O–H groups in total. The first-order valence-corrected chi connectivity index (χ1v) is 4.15. The highest BCUT2D eigenvalue weighted by molar-refractivity contribution is 5.63. The number of nitrogens with two attached hydrogens (primary N) is 1. The van der Waals surface area contributed by atoms with Crippen molar-refractivity contribution in [1.82, 2.24) is 9.38 Å². The summed E-state index contributed by atoms with van der Waals surface area (Å²) in [5.74, 6) is -0.929. The fourth-order valence-electron chi connectivity index (χ4n) is 1.41. The Morgan fingerprint density at radius 2 is 2.40 bits per heavy atom. The molecule has 0 aliphatic heterocycles. The smallest absolute Gasteiger partial charge is 0.358 e. The molecule has 0 fully saturated rings. The number of fused-ring (bicyclic) bond motifs is 1. The Morgan fingerprint density at radius 3 is 3.00 bits per heavy atom. The highest BCUT2D eigenvalue weighted by atomic mass is 19.1. The predicted molar refractivity (Wildman–Crippen MR) is 49.7 cm³/mol. The first-order valence-electron chi connectivity index (χ1n) is 4.15. The van der Waals surface area contributed by atoms with E-state index in [2.05, 4.69) is 4.98 Å². The monoisotopic (exact) mass is 210 g/mol. The lowest BCUT2D eigenvalue weighted by molar-refractivity contribution is -0.387. The SMILES string of the molecule is NCc1nc([N+](=O)[O-])c2c(F)cccn12. The van der Waals surface area contributed by atoms with Crippen LogP contribution in [0, 0.1) is 15.9 Å². The van der Waals surface area contributed by atoms with Gasteiger partial charge in [-0.3, -0.25) is 4.40 Å². The maximum Gasteiger partial charge on any atom is 0.392 e. The molecule has 0 saturated carbocycles. The summed E-state index contributed by atoms with van der Waals surface area (Å²) >= 11 is 0. The number of hydrogen-bond acceptors (Lipinski definition) is 4. The Kier molecular flexibility index (Phi) is 2.09. The van der Waals surface area contributed by atoms with E-state index in [1.54, 1.807) is 0 Å². The van der Waals surface area contributed by atoms with Gasteiger partial charge >= 0.3 is 5.82 Å². The molecular formula is C8H7FN4O2. The van der Waals surface area contributed by atoms with Crippen LogP contribution in [0.4, 0.5) is 10.2 Å². The molecule has 0 unspecified atom stereocenters. The van der Waals surface area contributed by atoms with E-state index in [0.29, 0.717) is 0 Å². The molecule has 2 heterocycles. The van der Waals surface area contributed by atoms with Crippen molar-refractivity contribution in [2.45, 2.75) is 6.54 Å². The molecule has 78 valence electrons. The van der Waals surface area contributed by atoms with E-state index in [1.165, 1.54) is 16.7 Å². The van der Waals surface area contributed by atoms with Gasteiger partial charge in [-0.2, -0.15) is 0 Å². The number of nitro groups is 1. The van der Waals surface area contributed by atoms with E-state index in [-0.39, 0.29) is 17.9 Å². The third-order valence-electron chi connectivity index (χ3n) is 2.03. The van der Waals surface area contributed by atoms with Gasteiger partial charge in [0.25, 0.3) is 0 Å². The number of aromatic nitrogens is 2. The lowest BCUT2D eigenvalue weighted by Gasteiger charge is -1.95. The molecule has 15 heavy (non-hydrogen) atoms. The number of rotatable bonds is 2. The van der Waals surface area contributed by atoms with Gasteiger partial charge < -0.3 is 15.8 Å². The Labute approximate surface area is 83.3 Å². The molecule has 0 spiro atoms. The quantitative estimate of drug-likeness (QED) is 0.587. The molecule has 0 bridgehead atoms. The van der Waals surface area contributed by atoms with Gasteiger partial charge in [0, 0.05) is 6.20 Å². The van der Waals surface area contributed by atoms with E-state index in [9.17, 15) is 14.5 Å². The van der Waals surface area contributed by atoms with E-state index in [0.717, 1.165) is 6.07 Å². The summed E-state index contributed by atoms with van der Waals surface area (Å²) in [7, 11) is 0. The van der Waals surface area contributed by atoms with Gasteiger partial charge in [-0.05, 0) is 22.0 Å². The van der Waals surface area contributed by atoms with Crippen LogP contribution in [0.1, 0.15) is 5.82 Å². The van der Waals surface area contributed by atoms with Crippen LogP contribution >= 0.6 is 0 Å². The second-order valence-corrected chi connectivity index (χ2v) is 2.89. The van der Waals surface area contributed by atoms with Crippen LogP contribution in [0.2, 0.25) is 0 Å². The Hall–Kier alpha value is -2.02. The fraction of sp³-hybridized carbons (Fsp3) is 0.125. The van der Waals surface area contributed by atoms with Crippen LogP contribution in [0.25, 0.3) is 5.52 Å². The number of imidazole rings is 1. The van der Waals surface area contributed by atoms with E-state index in [4.69, 9.17) is 5.73 Å². The molecule has 7 heteroatoms. The average Bonchev–Trinajstić information content (AvgIpc) is 2.58. The van der Waals surface area contributed by atoms with Crippen molar-refractivity contribution >= 4 is 11.3 Å². The minimum absolute atomic E-state index is 0.0124. The largest absolute Gasteiger partial charge is 0.392 e. The molecule has 2 aromatic heterocycles. The summed E-state index contributed by atoms with van der Waals surface area (Å²) in [4.78, 5) is 13.6. The molecule has 0 radical (unpaired) electrons. The first kappa shape index (κ1) is 9.53. The molecule has 6 nitrogen and oxygen atoms in total. The molecular weight excluding hydrogens is 203 g/mol. The zero-order chi connectivity index (χ0) is 11.0. The van der Waals surface area contributed by atoms with E-state index in [1.807, 2.05) is 0 Å². The minimum Gasteiger partial charge on any atom is -0.358 e. The Bertz CT molecular complexity index is 537. The fourth-order valence-corrected chi connectivity index (χ4v) is 1.41. The lowest BCUT2D eigenvalue weighted by Crippen LogP contribution is -2.02. The maximum absolute atomic E-state index is 13.4. The third kappa shape index (κ3) is 1.33. The lowest BCUT2D eigenvalue weighted by atomic mass is 10.4. The standard InChI is InChI=1S/C8H7FN4O2/c9-5-2-1-3-12-6(4-10)11-8(7(5)12)13(14)15/h1-3H,4,10H2. The number of hydrogen-bond donors (Lipinski definition) is 1. The molecule has 0 atom stereocenters. The van der Waals surface area contributed by atoms with Gasteiger partial charge in [0.2, 0.25) is 5.82 Å². The number of halogens is 1. The van der Waals surface area contributed by atoms with Crippen LogP contribution in [0.15, 0.2) is 18.3 Å². The van der Waals surface area contributed by atoms with Gasteiger partial charge in [0.1, 0.15) is 0 Å². The van der Waals surface area contributed by atoms with Crippen molar-refractivity contribution in [3.8, 4) is 0 Å². The molecule has 0 aliphatic rings. The van der Waals surface area contributed by atoms with Crippen LogP contribution in [0.3, 0.4) is 0 Å². The molecule has 0 saturated heterocycles. The van der Waals surface area contributed by atoms with E-state index < -0.39 is 16.6 Å². The van der Waals surface area contributed by atoms with E-state index >= 15 is 0 Å². The second kappa shape index (κ2) is 3.28. The van der Waals surface area contributed by atoms with Gasteiger partial charge in [-0.1, -0.05) is 0 Å². The van der Waals surface area contributed by atoms with Crippen molar-refractivity contribution in [2.24, 2.45) is 5.73 Å². The van der Waals surface area contributed by atoms with Gasteiger partial charge in [-0.25, -0.2) is 4.39 Å². The van der Waals surface area contributed by atoms with Crippen molar-refractivity contribution in [3.63, 3.8) is 0 Å². The van der Waals surface area contributed by atoms with Crippen LogP contribution in [0.5, 0.6) is 0 Å². The number of nitrogens with zero attached hydrogens (tertiary/aromatic N) is 3.